The van der Waals surface area contributed by atoms with E-state index in [0.29, 0.717) is 12.3 Å². The van der Waals surface area contributed by atoms with Gasteiger partial charge in [-0.15, -0.1) is 0 Å². The molecule has 0 bridgehead atoms. The zero-order valence-electron chi connectivity index (χ0n) is 7.08. The van der Waals surface area contributed by atoms with Crippen molar-refractivity contribution < 1.29 is 15.0 Å². The molecule has 0 amide bonds. The summed E-state index contributed by atoms with van der Waals surface area (Å²) < 4.78 is 0. The van der Waals surface area contributed by atoms with Crippen LogP contribution in [0, 0.1) is 5.92 Å². The van der Waals surface area contributed by atoms with Crippen LogP contribution in [0.15, 0.2) is 0 Å². The highest BCUT2D eigenvalue weighted by molar-refractivity contribution is 5.71. The van der Waals surface area contributed by atoms with Gasteiger partial charge in [0, 0.05) is 0 Å². The van der Waals surface area contributed by atoms with E-state index in [1.807, 2.05) is 13.8 Å². The van der Waals surface area contributed by atoms with Crippen molar-refractivity contribution in [3.63, 3.8) is 0 Å². The molecule has 0 aromatic heterocycles. The third-order valence-electron chi connectivity index (χ3n) is 2.00. The van der Waals surface area contributed by atoms with E-state index in [2.05, 4.69) is 0 Å². The number of rotatable bonds is 5. The fourth-order valence-corrected chi connectivity index (χ4v) is 1.04. The lowest BCUT2D eigenvalue weighted by Gasteiger charge is -2.13. The molecule has 11 heavy (non-hydrogen) atoms. The Bertz CT molecular complexity index is 119. The average molecular weight is 160 g/mol. The summed E-state index contributed by atoms with van der Waals surface area (Å²) in [5, 5.41) is 17.3. The lowest BCUT2D eigenvalue weighted by atomic mass is 9.96. The van der Waals surface area contributed by atoms with Crippen molar-refractivity contribution in [2.24, 2.45) is 5.92 Å². The number of carbonyl (C=O) groups is 1. The Morgan fingerprint density at radius 3 is 2.09 bits per heavy atom. The van der Waals surface area contributed by atoms with Crippen molar-refractivity contribution in [2.45, 2.75) is 39.2 Å². The Kier molecular flexibility index (Phi) is 4.86. The molecule has 0 radical (unpaired) electrons. The van der Waals surface area contributed by atoms with Gasteiger partial charge in [0.2, 0.25) is 0 Å². The van der Waals surface area contributed by atoms with Crippen molar-refractivity contribution in [1.82, 2.24) is 0 Å². The van der Waals surface area contributed by atoms with Crippen LogP contribution >= 0.6 is 0 Å². The van der Waals surface area contributed by atoms with Crippen LogP contribution in [0.3, 0.4) is 0 Å². The zero-order chi connectivity index (χ0) is 8.85. The normalized spacial score (nSPS) is 13.5. The highest BCUT2D eigenvalue weighted by Crippen LogP contribution is 2.14. The summed E-state index contributed by atoms with van der Waals surface area (Å²) in [6.07, 6.45) is 1.06. The standard InChI is InChI=1S/C8H16O3/c1-3-6(4-2)5-7(9)8(10)11/h6-7,9H,3-5H2,1-2H3,(H,10,11). The number of carboxylic acid groups (broad SMARTS) is 1. The van der Waals surface area contributed by atoms with Gasteiger partial charge >= 0.3 is 5.97 Å². The second kappa shape index (κ2) is 5.13. The van der Waals surface area contributed by atoms with E-state index in [9.17, 15) is 4.79 Å². The van der Waals surface area contributed by atoms with E-state index >= 15 is 0 Å². The number of carboxylic acids is 1. The van der Waals surface area contributed by atoms with Crippen LogP contribution in [-0.2, 0) is 4.79 Å². The van der Waals surface area contributed by atoms with Crippen LogP contribution in [0.5, 0.6) is 0 Å². The van der Waals surface area contributed by atoms with Gasteiger partial charge in [0.05, 0.1) is 0 Å². The van der Waals surface area contributed by atoms with Gasteiger partial charge in [0.15, 0.2) is 6.10 Å². The Morgan fingerprint density at radius 2 is 1.82 bits per heavy atom. The fraction of sp³-hybridized carbons (Fsp3) is 0.875. The SMILES string of the molecule is CCC(CC)CC(O)C(=O)O. The lowest BCUT2D eigenvalue weighted by molar-refractivity contribution is -0.147. The molecule has 66 valence electrons. The second-order valence-corrected chi connectivity index (χ2v) is 2.77. The van der Waals surface area contributed by atoms with Crippen LogP contribution in [0.1, 0.15) is 33.1 Å². The quantitative estimate of drug-likeness (QED) is 0.636. The summed E-state index contributed by atoms with van der Waals surface area (Å²) in [5.74, 6) is -0.780. The van der Waals surface area contributed by atoms with Crippen LogP contribution < -0.4 is 0 Å². The van der Waals surface area contributed by atoms with Gasteiger partial charge < -0.3 is 10.2 Å². The van der Waals surface area contributed by atoms with Gasteiger partial charge in [-0.3, -0.25) is 0 Å². The van der Waals surface area contributed by atoms with E-state index in [1.54, 1.807) is 0 Å². The largest absolute Gasteiger partial charge is 0.479 e. The average Bonchev–Trinajstić information content (AvgIpc) is 1.99. The monoisotopic (exact) mass is 160 g/mol. The molecule has 3 nitrogen and oxygen atoms in total. The fourth-order valence-electron chi connectivity index (χ4n) is 1.04. The zero-order valence-corrected chi connectivity index (χ0v) is 7.08. The first-order valence-electron chi connectivity index (χ1n) is 4.02. The lowest BCUT2D eigenvalue weighted by Crippen LogP contribution is -2.22. The topological polar surface area (TPSA) is 57.5 Å². The summed E-state index contributed by atoms with van der Waals surface area (Å²) in [5.41, 5.74) is 0. The molecule has 0 fully saturated rings. The molecule has 0 heterocycles. The molecule has 2 N–H and O–H groups in total. The van der Waals surface area contributed by atoms with E-state index in [0.717, 1.165) is 12.8 Å². The molecule has 1 atom stereocenters. The first kappa shape index (κ1) is 10.4. The molecule has 0 saturated carbocycles. The van der Waals surface area contributed by atoms with Gasteiger partial charge in [-0.05, 0) is 12.3 Å². The van der Waals surface area contributed by atoms with Crippen LogP contribution in [0.4, 0.5) is 0 Å². The summed E-state index contributed by atoms with van der Waals surface area (Å²) in [6, 6.07) is 0. The molecule has 0 saturated heterocycles. The van der Waals surface area contributed by atoms with Gasteiger partial charge in [-0.25, -0.2) is 4.79 Å². The van der Waals surface area contributed by atoms with E-state index < -0.39 is 12.1 Å². The molecule has 0 aliphatic heterocycles. The van der Waals surface area contributed by atoms with Gasteiger partial charge in [0.1, 0.15) is 0 Å². The predicted molar refractivity (Wildman–Crippen MR) is 42.3 cm³/mol. The highest BCUT2D eigenvalue weighted by atomic mass is 16.4. The molecule has 0 rings (SSSR count). The predicted octanol–water partition coefficient (Wildman–Crippen LogP) is 1.26. The molecular formula is C8H16O3. The van der Waals surface area contributed by atoms with Crippen molar-refractivity contribution in [1.29, 1.82) is 0 Å². The molecule has 0 aliphatic carbocycles. The molecule has 1 unspecified atom stereocenters. The molecule has 0 aliphatic rings. The Hall–Kier alpha value is -0.570. The maximum absolute atomic E-state index is 10.2. The Labute approximate surface area is 67.0 Å². The molecule has 3 heteroatoms. The maximum atomic E-state index is 10.2. The number of hydrogen-bond donors (Lipinski definition) is 2. The minimum Gasteiger partial charge on any atom is -0.479 e. The minimum absolute atomic E-state index is 0.334. The van der Waals surface area contributed by atoms with Gasteiger partial charge in [-0.1, -0.05) is 26.7 Å². The van der Waals surface area contributed by atoms with Gasteiger partial charge in [0.25, 0.3) is 0 Å². The Balaban J connectivity index is 3.71. The second-order valence-electron chi connectivity index (χ2n) is 2.77. The Morgan fingerprint density at radius 1 is 1.36 bits per heavy atom. The van der Waals surface area contributed by atoms with Gasteiger partial charge in [-0.2, -0.15) is 0 Å². The van der Waals surface area contributed by atoms with Crippen molar-refractivity contribution in [3.8, 4) is 0 Å². The third-order valence-corrected chi connectivity index (χ3v) is 2.00. The maximum Gasteiger partial charge on any atom is 0.332 e. The minimum atomic E-state index is -1.18. The number of aliphatic hydroxyl groups excluding tert-OH is 1. The van der Waals surface area contributed by atoms with Crippen molar-refractivity contribution in [3.05, 3.63) is 0 Å². The van der Waals surface area contributed by atoms with Crippen LogP contribution in [-0.4, -0.2) is 22.3 Å². The molecular weight excluding hydrogens is 144 g/mol. The number of aliphatic carboxylic acids is 1. The van der Waals surface area contributed by atoms with Crippen LogP contribution in [0.2, 0.25) is 0 Å². The third kappa shape index (κ3) is 3.98. The van der Waals surface area contributed by atoms with E-state index in [1.165, 1.54) is 0 Å². The van der Waals surface area contributed by atoms with Crippen molar-refractivity contribution in [2.75, 3.05) is 0 Å². The summed E-state index contributed by atoms with van der Waals surface area (Å²) in [4.78, 5) is 10.2. The summed E-state index contributed by atoms with van der Waals surface area (Å²) in [7, 11) is 0. The van der Waals surface area contributed by atoms with E-state index in [-0.39, 0.29) is 0 Å². The first-order chi connectivity index (χ1) is 5.11. The molecule has 0 aromatic carbocycles. The first-order valence-corrected chi connectivity index (χ1v) is 4.02. The smallest absolute Gasteiger partial charge is 0.332 e. The summed E-state index contributed by atoms with van der Waals surface area (Å²) >= 11 is 0. The molecule has 0 aromatic rings. The van der Waals surface area contributed by atoms with E-state index in [4.69, 9.17) is 10.2 Å². The number of aliphatic hydroxyl groups is 1. The highest BCUT2D eigenvalue weighted by Gasteiger charge is 2.17. The van der Waals surface area contributed by atoms with Crippen LogP contribution in [0.25, 0.3) is 0 Å². The number of hydrogen-bond acceptors (Lipinski definition) is 2. The molecule has 0 spiro atoms. The summed E-state index contributed by atoms with van der Waals surface area (Å²) in [6.45, 7) is 4.01. The van der Waals surface area contributed by atoms with Crippen molar-refractivity contribution >= 4 is 5.97 Å².